The predicted octanol–water partition coefficient (Wildman–Crippen LogP) is 5.64. The zero-order valence-corrected chi connectivity index (χ0v) is 24.1. The Hall–Kier alpha value is -5.14. The molecule has 2 aromatic heterocycles. The van der Waals surface area contributed by atoms with E-state index < -0.39 is 11.6 Å². The van der Waals surface area contributed by atoms with E-state index in [0.29, 0.717) is 0 Å². The summed E-state index contributed by atoms with van der Waals surface area (Å²) in [6, 6.07) is 11.8. The van der Waals surface area contributed by atoms with Crippen LogP contribution in [0.15, 0.2) is 70.9 Å². The Morgan fingerprint density at radius 1 is 0.727 bits per heavy atom. The molecule has 0 aliphatic carbocycles. The van der Waals surface area contributed by atoms with Gasteiger partial charge in [-0.3, -0.25) is 0 Å². The number of nitrogens with zero attached hydrogens (tertiary/aromatic N) is 8. The number of aliphatic imine (C=N–C) groups is 2. The van der Waals surface area contributed by atoms with E-state index >= 15 is 0 Å². The summed E-state index contributed by atoms with van der Waals surface area (Å²) in [6.45, 7) is 2.16. The number of benzene rings is 2. The van der Waals surface area contributed by atoms with Gasteiger partial charge < -0.3 is 19.3 Å². The van der Waals surface area contributed by atoms with Gasteiger partial charge in [-0.15, -0.1) is 0 Å². The molecule has 1 saturated heterocycles. The van der Waals surface area contributed by atoms with Crippen molar-refractivity contribution in [2.24, 2.45) is 9.98 Å². The van der Waals surface area contributed by atoms with Crippen LogP contribution < -0.4 is 9.47 Å². The Morgan fingerprint density at radius 3 is 1.64 bits per heavy atom. The first-order valence-corrected chi connectivity index (χ1v) is 13.5. The lowest BCUT2D eigenvalue weighted by atomic mass is 10.2. The summed E-state index contributed by atoms with van der Waals surface area (Å²) in [4.78, 5) is 26.9. The lowest BCUT2D eigenvalue weighted by Gasteiger charge is -2.09. The molecule has 1 aliphatic rings. The van der Waals surface area contributed by atoms with E-state index in [2.05, 4.69) is 29.9 Å². The Balaban J connectivity index is 0.000000202. The van der Waals surface area contributed by atoms with Gasteiger partial charge in [0, 0.05) is 27.2 Å². The highest BCUT2D eigenvalue weighted by Crippen LogP contribution is 2.19. The highest BCUT2D eigenvalue weighted by molar-refractivity contribution is 5.60. The van der Waals surface area contributed by atoms with Crippen molar-refractivity contribution in [3.63, 3.8) is 0 Å². The lowest BCUT2D eigenvalue weighted by molar-refractivity contribution is 0.279. The van der Waals surface area contributed by atoms with Gasteiger partial charge in [0.05, 0.1) is 25.1 Å². The van der Waals surface area contributed by atoms with E-state index in [4.69, 9.17) is 9.47 Å². The van der Waals surface area contributed by atoms with Gasteiger partial charge in [0.25, 0.3) is 0 Å². The van der Waals surface area contributed by atoms with Gasteiger partial charge in [-0.25, -0.2) is 37.5 Å². The van der Waals surface area contributed by atoms with E-state index in [-0.39, 0.29) is 48.5 Å². The minimum absolute atomic E-state index is 0.00614. The molecule has 0 saturated carbocycles. The molecule has 0 bridgehead atoms. The third kappa shape index (κ3) is 10.3. The number of halogens is 4. The van der Waals surface area contributed by atoms with Crippen molar-refractivity contribution in [1.82, 2.24) is 29.7 Å². The van der Waals surface area contributed by atoms with E-state index in [0.717, 1.165) is 49.5 Å². The van der Waals surface area contributed by atoms with Crippen LogP contribution in [0.3, 0.4) is 0 Å². The number of ether oxygens (including phenoxy) is 2. The van der Waals surface area contributed by atoms with Crippen LogP contribution in [-0.4, -0.2) is 69.6 Å². The second-order valence-electron chi connectivity index (χ2n) is 9.67. The zero-order valence-electron chi connectivity index (χ0n) is 24.1. The molecule has 3 heterocycles. The van der Waals surface area contributed by atoms with Crippen LogP contribution in [0.4, 0.5) is 29.2 Å². The Kier molecular flexibility index (Phi) is 11.5. The lowest BCUT2D eigenvalue weighted by Crippen LogP contribution is -2.16. The molecule has 0 atom stereocenters. The number of hydrogen-bond donors (Lipinski definition) is 0. The zero-order chi connectivity index (χ0) is 31.3. The summed E-state index contributed by atoms with van der Waals surface area (Å²) in [6.07, 6.45) is 7.28. The van der Waals surface area contributed by atoms with Crippen molar-refractivity contribution in [3.8, 4) is 12.0 Å². The molecule has 4 aromatic rings. The molecule has 0 spiro atoms. The maximum absolute atomic E-state index is 13.7. The smallest absolute Gasteiger partial charge is 0.318 e. The summed E-state index contributed by atoms with van der Waals surface area (Å²) in [5.41, 5.74) is 1.52. The first-order valence-electron chi connectivity index (χ1n) is 13.5. The van der Waals surface area contributed by atoms with E-state index in [1.807, 2.05) is 4.90 Å². The Labute approximate surface area is 251 Å². The highest BCUT2D eigenvalue weighted by Gasteiger charge is 2.11. The van der Waals surface area contributed by atoms with Crippen LogP contribution in [0.1, 0.15) is 24.0 Å². The van der Waals surface area contributed by atoms with Crippen LogP contribution in [0.25, 0.3) is 0 Å². The number of rotatable bonds is 10. The van der Waals surface area contributed by atoms with Crippen LogP contribution in [-0.2, 0) is 13.2 Å². The monoisotopic (exact) mass is 610 g/mol. The van der Waals surface area contributed by atoms with Crippen LogP contribution >= 0.6 is 0 Å². The quantitative estimate of drug-likeness (QED) is 0.129. The van der Waals surface area contributed by atoms with Gasteiger partial charge in [-0.1, -0.05) is 24.3 Å². The van der Waals surface area contributed by atoms with Crippen LogP contribution in [0.5, 0.6) is 12.0 Å². The molecule has 230 valence electrons. The fraction of sp³-hybridized carbons (Fsp3) is 0.267. The minimum Gasteiger partial charge on any atom is -0.459 e. The van der Waals surface area contributed by atoms with Gasteiger partial charge in [0.2, 0.25) is 0 Å². The normalized spacial score (nSPS) is 12.8. The van der Waals surface area contributed by atoms with Crippen molar-refractivity contribution in [2.75, 3.05) is 27.2 Å². The molecule has 1 aliphatic heterocycles. The Bertz CT molecular complexity index is 1550. The van der Waals surface area contributed by atoms with Gasteiger partial charge in [0.15, 0.2) is 23.3 Å². The molecule has 0 N–H and O–H groups in total. The van der Waals surface area contributed by atoms with Gasteiger partial charge in [-0.2, -0.15) is 9.97 Å². The maximum atomic E-state index is 13.7. The average molecular weight is 611 g/mol. The van der Waals surface area contributed by atoms with Crippen molar-refractivity contribution >= 4 is 24.3 Å². The maximum Gasteiger partial charge on any atom is 0.318 e. The molecule has 1 fully saturated rings. The second kappa shape index (κ2) is 15.9. The van der Waals surface area contributed by atoms with Crippen LogP contribution in [0, 0.1) is 23.3 Å². The first-order chi connectivity index (χ1) is 21.2. The van der Waals surface area contributed by atoms with Gasteiger partial charge in [0.1, 0.15) is 24.8 Å². The number of likely N-dealkylation sites (tertiary alicyclic amines) is 1. The fourth-order valence-electron chi connectivity index (χ4n) is 3.63. The van der Waals surface area contributed by atoms with Crippen molar-refractivity contribution in [3.05, 3.63) is 95.3 Å². The molecule has 0 radical (unpaired) electrons. The molecule has 0 unspecified atom stereocenters. The molecule has 14 heteroatoms. The highest BCUT2D eigenvalue weighted by atomic mass is 19.1. The standard InChI is InChI=1S/C16H16F2N4O.C14H14F2N4O/c17-13-5-3-12(4-6-13)10-23-16-19-9-14(18)15(21-16)20-11-22-7-1-2-8-22;1-20(2)9-18-13-12(16)7-17-14(19-13)21-8-10-3-5-11(15)6-4-10/h3-6,9,11H,1-2,7-8,10H2;3-7,9H,8H2,1-2H3. The van der Waals surface area contributed by atoms with Crippen molar-refractivity contribution < 1.29 is 27.0 Å². The SMILES string of the molecule is CN(C)C=Nc1nc(OCc2ccc(F)cc2)ncc1F.Fc1ccc(COc2ncc(F)c(N=CN3CCCC3)n2)cc1. The summed E-state index contributed by atoms with van der Waals surface area (Å²) in [5.74, 6) is -2.03. The summed E-state index contributed by atoms with van der Waals surface area (Å²) < 4.78 is 63.5. The van der Waals surface area contributed by atoms with Crippen molar-refractivity contribution in [1.29, 1.82) is 0 Å². The predicted molar refractivity (Wildman–Crippen MR) is 156 cm³/mol. The van der Waals surface area contributed by atoms with Gasteiger partial charge >= 0.3 is 12.0 Å². The van der Waals surface area contributed by atoms with Crippen molar-refractivity contribution in [2.45, 2.75) is 26.1 Å². The Morgan fingerprint density at radius 2 is 1.18 bits per heavy atom. The number of aromatic nitrogens is 4. The summed E-state index contributed by atoms with van der Waals surface area (Å²) in [7, 11) is 3.52. The average Bonchev–Trinajstić information content (AvgIpc) is 3.55. The first kappa shape index (κ1) is 31.8. The minimum atomic E-state index is -0.637. The largest absolute Gasteiger partial charge is 0.459 e. The summed E-state index contributed by atoms with van der Waals surface area (Å²) >= 11 is 0. The fourth-order valence-corrected chi connectivity index (χ4v) is 3.63. The molecule has 5 rings (SSSR count). The topological polar surface area (TPSA) is 101 Å². The molecule has 10 nitrogen and oxygen atoms in total. The molecular weight excluding hydrogens is 580 g/mol. The van der Waals surface area contributed by atoms with Crippen LogP contribution in [0.2, 0.25) is 0 Å². The molecule has 2 aromatic carbocycles. The number of hydrogen-bond acceptors (Lipinski definition) is 8. The third-order valence-electron chi connectivity index (χ3n) is 5.86. The van der Waals surface area contributed by atoms with E-state index in [1.165, 1.54) is 30.6 Å². The molecule has 44 heavy (non-hydrogen) atoms. The summed E-state index contributed by atoms with van der Waals surface area (Å²) in [5, 5.41) is 0. The second-order valence-corrected chi connectivity index (χ2v) is 9.67. The molecular formula is C30H30F4N8O2. The van der Waals surface area contributed by atoms with Gasteiger partial charge in [-0.05, 0) is 48.2 Å². The van der Waals surface area contributed by atoms with E-state index in [9.17, 15) is 17.6 Å². The third-order valence-corrected chi connectivity index (χ3v) is 5.86. The molecule has 0 amide bonds. The van der Waals surface area contributed by atoms with E-state index in [1.54, 1.807) is 49.6 Å².